The summed E-state index contributed by atoms with van der Waals surface area (Å²) in [5.74, 6) is 0. The van der Waals surface area contributed by atoms with Gasteiger partial charge in [0.1, 0.15) is 6.54 Å². The lowest BCUT2D eigenvalue weighted by Gasteiger charge is -2.30. The van der Waals surface area contributed by atoms with Gasteiger partial charge in [-0.25, -0.2) is 0 Å². The van der Waals surface area contributed by atoms with Crippen molar-refractivity contribution in [2.45, 2.75) is 32.4 Å². The minimum atomic E-state index is 0.176. The number of aromatic amines is 1. The number of halogens is 1. The van der Waals surface area contributed by atoms with Gasteiger partial charge in [0.2, 0.25) is 0 Å². The Morgan fingerprint density at radius 3 is 2.74 bits per heavy atom. The van der Waals surface area contributed by atoms with E-state index in [1.807, 2.05) is 25.1 Å². The predicted molar refractivity (Wildman–Crippen MR) is 97.2 cm³/mol. The van der Waals surface area contributed by atoms with E-state index in [0.717, 1.165) is 33.2 Å². The smallest absolute Gasteiger partial charge is 0.198 e. The Bertz CT molecular complexity index is 763. The SMILES string of the molecule is Cc1[nH]c2ccc(Br)cc2c(=O)c1C[NH+](C)C1CC[NH+](C)CC1. The third-order valence-corrected chi connectivity index (χ3v) is 5.76. The largest absolute Gasteiger partial charge is 0.358 e. The van der Waals surface area contributed by atoms with Gasteiger partial charge >= 0.3 is 0 Å². The lowest BCUT2D eigenvalue weighted by atomic mass is 10.0. The van der Waals surface area contributed by atoms with E-state index in [9.17, 15) is 4.79 Å². The number of nitrogens with one attached hydrogen (secondary N) is 3. The first-order valence-corrected chi connectivity index (χ1v) is 9.19. The average Bonchev–Trinajstić information content (AvgIpc) is 2.53. The Hall–Kier alpha value is -1.17. The van der Waals surface area contributed by atoms with Gasteiger partial charge in [-0.05, 0) is 25.1 Å². The number of likely N-dealkylation sites (tertiary alicyclic amines) is 1. The molecular weight excluding hydrogens is 354 g/mol. The zero-order valence-electron chi connectivity index (χ0n) is 14.1. The van der Waals surface area contributed by atoms with Gasteiger partial charge in [-0.3, -0.25) is 4.79 Å². The second kappa shape index (κ2) is 6.75. The number of hydrogen-bond acceptors (Lipinski definition) is 1. The van der Waals surface area contributed by atoms with Crippen molar-refractivity contribution in [3.63, 3.8) is 0 Å². The van der Waals surface area contributed by atoms with Crippen LogP contribution >= 0.6 is 15.9 Å². The molecule has 0 bridgehead atoms. The molecule has 0 radical (unpaired) electrons. The second-order valence-electron chi connectivity index (χ2n) is 7.00. The Kier molecular flexibility index (Phi) is 4.90. The molecule has 1 aromatic carbocycles. The van der Waals surface area contributed by atoms with Gasteiger partial charge in [0.05, 0.1) is 38.8 Å². The molecule has 1 aliphatic rings. The minimum Gasteiger partial charge on any atom is -0.358 e. The van der Waals surface area contributed by atoms with Crippen LogP contribution in [0, 0.1) is 6.92 Å². The second-order valence-corrected chi connectivity index (χ2v) is 7.92. The monoisotopic (exact) mass is 379 g/mol. The third kappa shape index (κ3) is 3.52. The standard InChI is InChI=1S/C18H24BrN3O/c1-12-16(11-22(3)14-6-8-21(2)9-7-14)18(23)15-10-13(19)4-5-17(15)20-12/h4-5,10,14H,6-9,11H2,1-3H3,(H,20,23)/p+2. The highest BCUT2D eigenvalue weighted by molar-refractivity contribution is 9.10. The molecule has 5 heteroatoms. The number of H-pyrrole nitrogens is 1. The molecule has 3 rings (SSSR count). The highest BCUT2D eigenvalue weighted by Gasteiger charge is 2.27. The Labute approximate surface area is 145 Å². The maximum atomic E-state index is 12.9. The quantitative estimate of drug-likeness (QED) is 0.704. The fourth-order valence-corrected chi connectivity index (χ4v) is 4.02. The van der Waals surface area contributed by atoms with Crippen molar-refractivity contribution in [1.82, 2.24) is 4.98 Å². The van der Waals surface area contributed by atoms with E-state index in [0.29, 0.717) is 6.04 Å². The van der Waals surface area contributed by atoms with Crippen LogP contribution in [0.2, 0.25) is 0 Å². The van der Waals surface area contributed by atoms with E-state index in [2.05, 4.69) is 35.0 Å². The number of aromatic nitrogens is 1. The fraction of sp³-hybridized carbons (Fsp3) is 0.500. The van der Waals surface area contributed by atoms with Crippen molar-refractivity contribution in [2.24, 2.45) is 0 Å². The molecule has 0 saturated carbocycles. The van der Waals surface area contributed by atoms with E-state index in [1.54, 1.807) is 4.90 Å². The van der Waals surface area contributed by atoms with Crippen molar-refractivity contribution >= 4 is 26.8 Å². The van der Waals surface area contributed by atoms with Gasteiger partial charge in [-0.15, -0.1) is 0 Å². The predicted octanol–water partition coefficient (Wildman–Crippen LogP) is 0.291. The Balaban J connectivity index is 1.89. The summed E-state index contributed by atoms with van der Waals surface area (Å²) in [7, 11) is 4.50. The molecule has 4 nitrogen and oxygen atoms in total. The number of pyridine rings is 1. The number of rotatable bonds is 3. The molecule has 2 heterocycles. The molecule has 1 aromatic heterocycles. The van der Waals surface area contributed by atoms with Crippen LogP contribution in [0.15, 0.2) is 27.5 Å². The minimum absolute atomic E-state index is 0.176. The van der Waals surface area contributed by atoms with Crippen LogP contribution in [0.1, 0.15) is 24.1 Å². The molecule has 1 saturated heterocycles. The maximum Gasteiger partial charge on any atom is 0.198 e. The molecule has 124 valence electrons. The number of hydrogen-bond donors (Lipinski definition) is 3. The molecule has 1 aliphatic heterocycles. The van der Waals surface area contributed by atoms with Crippen LogP contribution in [0.25, 0.3) is 10.9 Å². The normalized spacial score (nSPS) is 23.1. The molecule has 0 spiro atoms. The van der Waals surface area contributed by atoms with E-state index in [1.165, 1.54) is 30.8 Å². The van der Waals surface area contributed by atoms with Gasteiger partial charge in [0.25, 0.3) is 0 Å². The van der Waals surface area contributed by atoms with Crippen molar-refractivity contribution in [3.05, 3.63) is 44.2 Å². The maximum absolute atomic E-state index is 12.9. The Morgan fingerprint density at radius 2 is 2.04 bits per heavy atom. The van der Waals surface area contributed by atoms with Crippen LogP contribution in [0.5, 0.6) is 0 Å². The van der Waals surface area contributed by atoms with Crippen LogP contribution in [0.4, 0.5) is 0 Å². The zero-order valence-corrected chi connectivity index (χ0v) is 15.7. The molecule has 1 atom stereocenters. The summed E-state index contributed by atoms with van der Waals surface area (Å²) in [4.78, 5) is 19.4. The molecule has 1 fully saturated rings. The van der Waals surface area contributed by atoms with Crippen molar-refractivity contribution in [3.8, 4) is 0 Å². The van der Waals surface area contributed by atoms with Crippen LogP contribution in [-0.4, -0.2) is 38.2 Å². The van der Waals surface area contributed by atoms with E-state index < -0.39 is 0 Å². The highest BCUT2D eigenvalue weighted by Crippen LogP contribution is 2.17. The molecular formula is C18H26BrN3O+2. The van der Waals surface area contributed by atoms with Gasteiger partial charge in [0, 0.05) is 33.9 Å². The third-order valence-electron chi connectivity index (χ3n) is 5.27. The summed E-state index contributed by atoms with van der Waals surface area (Å²) in [6, 6.07) is 6.52. The summed E-state index contributed by atoms with van der Waals surface area (Å²) in [6.07, 6.45) is 2.49. The van der Waals surface area contributed by atoms with Crippen LogP contribution < -0.4 is 15.2 Å². The lowest BCUT2D eigenvalue weighted by Crippen LogP contribution is -3.17. The molecule has 3 N–H and O–H groups in total. The first-order valence-electron chi connectivity index (χ1n) is 8.40. The molecule has 0 amide bonds. The summed E-state index contributed by atoms with van der Waals surface area (Å²) < 4.78 is 0.948. The van der Waals surface area contributed by atoms with Crippen LogP contribution in [-0.2, 0) is 6.54 Å². The fourth-order valence-electron chi connectivity index (χ4n) is 3.66. The molecule has 23 heavy (non-hydrogen) atoms. The van der Waals surface area contributed by atoms with E-state index in [4.69, 9.17) is 0 Å². The Morgan fingerprint density at radius 1 is 1.35 bits per heavy atom. The summed E-state index contributed by atoms with van der Waals surface area (Å²) in [5.41, 5.74) is 3.03. The molecule has 2 aromatic rings. The number of quaternary nitrogens is 2. The number of aryl methyl sites for hydroxylation is 1. The average molecular weight is 380 g/mol. The lowest BCUT2D eigenvalue weighted by molar-refractivity contribution is -0.948. The first kappa shape index (κ1) is 16.7. The number of benzene rings is 1. The van der Waals surface area contributed by atoms with Gasteiger partial charge in [-0.1, -0.05) is 15.9 Å². The summed E-state index contributed by atoms with van der Waals surface area (Å²) in [6.45, 7) is 5.29. The van der Waals surface area contributed by atoms with Crippen LogP contribution in [0.3, 0.4) is 0 Å². The zero-order chi connectivity index (χ0) is 16.6. The summed E-state index contributed by atoms with van der Waals surface area (Å²) >= 11 is 3.47. The van der Waals surface area contributed by atoms with E-state index in [-0.39, 0.29) is 5.43 Å². The van der Waals surface area contributed by atoms with Crippen molar-refractivity contribution < 1.29 is 9.80 Å². The van der Waals surface area contributed by atoms with Crippen molar-refractivity contribution in [1.29, 1.82) is 0 Å². The first-order chi connectivity index (χ1) is 11.0. The number of fused-ring (bicyclic) bond motifs is 1. The van der Waals surface area contributed by atoms with Gasteiger partial charge in [-0.2, -0.15) is 0 Å². The van der Waals surface area contributed by atoms with Gasteiger partial charge < -0.3 is 14.8 Å². The number of piperidine rings is 1. The van der Waals surface area contributed by atoms with Crippen molar-refractivity contribution in [2.75, 3.05) is 27.2 Å². The topological polar surface area (TPSA) is 41.7 Å². The van der Waals surface area contributed by atoms with Gasteiger partial charge in [0.15, 0.2) is 5.43 Å². The highest BCUT2D eigenvalue weighted by atomic mass is 79.9. The van der Waals surface area contributed by atoms with E-state index >= 15 is 0 Å². The molecule has 0 aliphatic carbocycles. The molecule has 1 unspecified atom stereocenters. The summed E-state index contributed by atoms with van der Waals surface area (Å²) in [5, 5.41) is 0.778.